The molecule has 0 saturated heterocycles. The van der Waals surface area contributed by atoms with Gasteiger partial charge < -0.3 is 4.90 Å². The predicted molar refractivity (Wildman–Crippen MR) is 274 cm³/mol. The molecular weight excluding hydrogens is 799 g/mol. The lowest BCUT2D eigenvalue weighted by atomic mass is 9.94. The van der Waals surface area contributed by atoms with Gasteiger partial charge in [-0.1, -0.05) is 182 Å². The van der Waals surface area contributed by atoms with E-state index in [0.717, 1.165) is 17.1 Å². The summed E-state index contributed by atoms with van der Waals surface area (Å²) in [5, 5.41) is 5.22. The highest BCUT2D eigenvalue weighted by Gasteiger charge is 2.20. The number of hydrogen-bond donors (Lipinski definition) is 0. The van der Waals surface area contributed by atoms with Gasteiger partial charge in [0.1, 0.15) is 0 Å². The minimum Gasteiger partial charge on any atom is -0.311 e. The normalized spacial score (nSPS) is 11.5. The molecule has 0 radical (unpaired) electrons. The number of anilines is 3. The van der Waals surface area contributed by atoms with Crippen LogP contribution in [0.2, 0.25) is 0 Å². The highest BCUT2D eigenvalue weighted by molar-refractivity contribution is 7.27. The average Bonchev–Trinajstić information content (AvgIpc) is 3.94. The van der Waals surface area contributed by atoms with Gasteiger partial charge in [0.15, 0.2) is 0 Å². The van der Waals surface area contributed by atoms with Crippen molar-refractivity contribution in [2.45, 2.75) is 0 Å². The average molecular weight is 838 g/mol. The molecule has 0 atom stereocenters. The maximum absolute atomic E-state index is 2.44. The fourth-order valence-corrected chi connectivity index (χ4v) is 11.8. The van der Waals surface area contributed by atoms with E-state index in [4.69, 9.17) is 0 Å². The van der Waals surface area contributed by atoms with Gasteiger partial charge in [0.25, 0.3) is 0 Å². The Bertz CT molecular complexity index is 3490. The number of benzene rings is 10. The van der Waals surface area contributed by atoms with E-state index in [1.54, 1.807) is 0 Å². The van der Waals surface area contributed by atoms with Crippen LogP contribution in [-0.2, 0) is 0 Å². The molecule has 0 saturated carbocycles. The fraction of sp³-hybridized carbons (Fsp3) is 0. The van der Waals surface area contributed by atoms with Crippen LogP contribution in [0, 0.1) is 0 Å². The van der Waals surface area contributed by atoms with Crippen LogP contribution < -0.4 is 4.90 Å². The maximum atomic E-state index is 2.44. The van der Waals surface area contributed by atoms with E-state index in [1.807, 2.05) is 22.7 Å². The van der Waals surface area contributed by atoms with E-state index in [2.05, 4.69) is 241 Å². The zero-order chi connectivity index (χ0) is 41.7. The largest absolute Gasteiger partial charge is 0.311 e. The molecule has 0 bridgehead atoms. The fourth-order valence-electron chi connectivity index (χ4n) is 9.19. The molecule has 12 rings (SSSR count). The summed E-state index contributed by atoms with van der Waals surface area (Å²) in [5.74, 6) is 0. The third-order valence-corrected chi connectivity index (χ3v) is 14.8. The Morgan fingerprint density at radius 1 is 0.238 bits per heavy atom. The van der Waals surface area contributed by atoms with Crippen molar-refractivity contribution in [3.8, 4) is 55.6 Å². The van der Waals surface area contributed by atoms with E-state index < -0.39 is 0 Å². The Morgan fingerprint density at radius 3 is 1.21 bits per heavy atom. The lowest BCUT2D eigenvalue weighted by molar-refractivity contribution is 1.28. The highest BCUT2D eigenvalue weighted by atomic mass is 32.1. The molecule has 0 amide bonds. The van der Waals surface area contributed by atoms with Crippen molar-refractivity contribution in [1.29, 1.82) is 0 Å². The predicted octanol–water partition coefficient (Wildman–Crippen LogP) is 18.2. The SMILES string of the molecule is c1ccc(-c2ccc(N(c3ccc(-c4ccccc4)cc3)c3ccc(-c4cc(-c5cccc6c5sc5ccccc56)cc5c4sc4c(-c6ccccc6)cccc45)cc3)cc2)cc1. The van der Waals surface area contributed by atoms with Gasteiger partial charge in [-0.25, -0.2) is 0 Å². The quantitative estimate of drug-likeness (QED) is 0.147. The summed E-state index contributed by atoms with van der Waals surface area (Å²) >= 11 is 3.80. The molecule has 296 valence electrons. The van der Waals surface area contributed by atoms with Crippen LogP contribution in [-0.4, -0.2) is 0 Å². The zero-order valence-corrected chi connectivity index (χ0v) is 35.9. The number of nitrogens with zero attached hydrogens (tertiary/aromatic N) is 1. The van der Waals surface area contributed by atoms with Crippen molar-refractivity contribution >= 4 is 80.1 Å². The van der Waals surface area contributed by atoms with Gasteiger partial charge in [-0.2, -0.15) is 0 Å². The second-order valence-electron chi connectivity index (χ2n) is 16.0. The van der Waals surface area contributed by atoms with Crippen molar-refractivity contribution < 1.29 is 0 Å². The third-order valence-electron chi connectivity index (χ3n) is 12.3. The first-order valence-corrected chi connectivity index (χ1v) is 23.0. The molecule has 0 aliphatic heterocycles. The van der Waals surface area contributed by atoms with Gasteiger partial charge in [-0.05, 0) is 105 Å². The van der Waals surface area contributed by atoms with Crippen LogP contribution in [0.3, 0.4) is 0 Å². The molecule has 63 heavy (non-hydrogen) atoms. The summed E-state index contributed by atoms with van der Waals surface area (Å²) in [6.45, 7) is 0. The Hall–Kier alpha value is -7.56. The smallest absolute Gasteiger partial charge is 0.0462 e. The molecule has 2 heterocycles. The van der Waals surface area contributed by atoms with Gasteiger partial charge in [-0.3, -0.25) is 0 Å². The Balaban J connectivity index is 1.02. The van der Waals surface area contributed by atoms with Gasteiger partial charge in [-0.15, -0.1) is 22.7 Å². The molecule has 0 aliphatic carbocycles. The first-order chi connectivity index (χ1) is 31.2. The molecule has 0 aliphatic rings. The molecule has 0 unspecified atom stereocenters. The minimum absolute atomic E-state index is 1.10. The zero-order valence-electron chi connectivity index (χ0n) is 34.3. The molecule has 1 nitrogen and oxygen atoms in total. The van der Waals surface area contributed by atoms with Crippen molar-refractivity contribution in [2.75, 3.05) is 4.90 Å². The van der Waals surface area contributed by atoms with Crippen LogP contribution in [0.4, 0.5) is 17.1 Å². The number of thiophene rings is 2. The van der Waals surface area contributed by atoms with E-state index in [1.165, 1.54) is 96.0 Å². The Kier molecular flexibility index (Phi) is 9.29. The number of fused-ring (bicyclic) bond motifs is 6. The van der Waals surface area contributed by atoms with Crippen molar-refractivity contribution in [2.24, 2.45) is 0 Å². The van der Waals surface area contributed by atoms with E-state index in [-0.39, 0.29) is 0 Å². The summed E-state index contributed by atoms with van der Waals surface area (Å²) in [6, 6.07) is 86.4. The summed E-state index contributed by atoms with van der Waals surface area (Å²) in [7, 11) is 0. The lowest BCUT2D eigenvalue weighted by Gasteiger charge is -2.26. The van der Waals surface area contributed by atoms with E-state index in [0.29, 0.717) is 0 Å². The second kappa shape index (κ2) is 15.7. The van der Waals surface area contributed by atoms with Crippen LogP contribution in [0.1, 0.15) is 0 Å². The Morgan fingerprint density at radius 2 is 0.635 bits per heavy atom. The van der Waals surface area contributed by atoms with Crippen molar-refractivity contribution in [3.05, 3.63) is 237 Å². The maximum Gasteiger partial charge on any atom is 0.0462 e. The Labute approximate surface area is 375 Å². The topological polar surface area (TPSA) is 3.24 Å². The molecule has 10 aromatic carbocycles. The molecule has 0 N–H and O–H groups in total. The van der Waals surface area contributed by atoms with Crippen LogP contribution in [0.5, 0.6) is 0 Å². The van der Waals surface area contributed by atoms with Crippen molar-refractivity contribution in [1.82, 2.24) is 0 Å². The number of rotatable bonds is 8. The van der Waals surface area contributed by atoms with E-state index in [9.17, 15) is 0 Å². The van der Waals surface area contributed by atoms with Gasteiger partial charge in [0, 0.05) is 63.0 Å². The summed E-state index contributed by atoms with van der Waals surface area (Å²) < 4.78 is 5.27. The third kappa shape index (κ3) is 6.70. The molecular formula is C60H39NS2. The minimum atomic E-state index is 1.10. The lowest BCUT2D eigenvalue weighted by Crippen LogP contribution is -2.09. The molecule has 12 aromatic rings. The van der Waals surface area contributed by atoms with Crippen LogP contribution >= 0.6 is 22.7 Å². The molecule has 0 fully saturated rings. The standard InChI is InChI=1S/C60H39NS2/c1-4-14-40(15-5-1)42-26-32-47(33-27-42)61(48-34-28-43(29-35-48)41-16-6-2-7-17-41)49-36-30-45(31-37-49)55-38-46(51-22-13-23-53-52-20-10-11-25-57(52)62-58(51)53)39-56-54-24-12-21-50(59(54)63-60(55)56)44-18-8-3-9-19-44/h1-39H. The summed E-state index contributed by atoms with van der Waals surface area (Å²) in [6.07, 6.45) is 0. The van der Waals surface area contributed by atoms with Crippen LogP contribution in [0.25, 0.3) is 96.0 Å². The molecule has 0 spiro atoms. The highest BCUT2D eigenvalue weighted by Crippen LogP contribution is 2.48. The number of hydrogen-bond acceptors (Lipinski definition) is 3. The van der Waals surface area contributed by atoms with E-state index >= 15 is 0 Å². The van der Waals surface area contributed by atoms with Crippen LogP contribution in [0.15, 0.2) is 237 Å². The first-order valence-electron chi connectivity index (χ1n) is 21.4. The summed E-state index contributed by atoms with van der Waals surface area (Å²) in [5.41, 5.74) is 15.6. The second-order valence-corrected chi connectivity index (χ2v) is 18.1. The molecule has 3 heteroatoms. The van der Waals surface area contributed by atoms with Crippen molar-refractivity contribution in [3.63, 3.8) is 0 Å². The van der Waals surface area contributed by atoms with Gasteiger partial charge >= 0.3 is 0 Å². The monoisotopic (exact) mass is 837 g/mol. The first kappa shape index (κ1) is 37.2. The molecule has 2 aromatic heterocycles. The van der Waals surface area contributed by atoms with Gasteiger partial charge in [0.05, 0.1) is 0 Å². The summed E-state index contributed by atoms with van der Waals surface area (Å²) in [4.78, 5) is 2.37. The van der Waals surface area contributed by atoms with Gasteiger partial charge in [0.2, 0.25) is 0 Å².